The zero-order chi connectivity index (χ0) is 19.8. The summed E-state index contributed by atoms with van der Waals surface area (Å²) in [6.45, 7) is 0.513. The Kier molecular flexibility index (Phi) is 7.15. The SMILES string of the molecule is O=C(CSCc1nnc(C(=O)Nc2ccc(F)cc2)s1)NCCc1ccco1. The third kappa shape index (κ3) is 6.17. The standard InChI is InChI=1S/C18H17FN4O3S2/c19-12-3-5-13(6-4-12)21-17(25)18-23-22-16(28-18)11-27-10-15(24)20-8-7-14-2-1-9-26-14/h1-6,9H,7-8,10-11H2,(H,20,24)(H,21,25). The van der Waals surface area contributed by atoms with Crippen LogP contribution >= 0.6 is 23.1 Å². The second kappa shape index (κ2) is 10.00. The molecule has 0 aliphatic rings. The summed E-state index contributed by atoms with van der Waals surface area (Å²) >= 11 is 2.55. The van der Waals surface area contributed by atoms with Crippen LogP contribution in [-0.4, -0.2) is 34.3 Å². The summed E-state index contributed by atoms with van der Waals surface area (Å²) in [5.74, 6) is 0.736. The zero-order valence-corrected chi connectivity index (χ0v) is 16.3. The van der Waals surface area contributed by atoms with Crippen LogP contribution in [0.3, 0.4) is 0 Å². The number of hydrogen-bond donors (Lipinski definition) is 2. The van der Waals surface area contributed by atoms with Crippen molar-refractivity contribution >= 4 is 40.6 Å². The van der Waals surface area contributed by atoms with E-state index in [-0.39, 0.29) is 22.5 Å². The lowest BCUT2D eigenvalue weighted by atomic mass is 10.3. The van der Waals surface area contributed by atoms with Gasteiger partial charge in [-0.1, -0.05) is 11.3 Å². The molecule has 28 heavy (non-hydrogen) atoms. The average Bonchev–Trinajstić information content (AvgIpc) is 3.36. The fraction of sp³-hybridized carbons (Fsp3) is 0.222. The molecule has 0 saturated carbocycles. The second-order valence-electron chi connectivity index (χ2n) is 5.63. The van der Waals surface area contributed by atoms with E-state index in [9.17, 15) is 14.0 Å². The molecule has 0 radical (unpaired) electrons. The largest absolute Gasteiger partial charge is 0.469 e. The van der Waals surface area contributed by atoms with E-state index in [1.165, 1.54) is 36.0 Å². The monoisotopic (exact) mass is 420 g/mol. The number of amides is 2. The van der Waals surface area contributed by atoms with Gasteiger partial charge in [0.05, 0.1) is 12.0 Å². The van der Waals surface area contributed by atoms with E-state index in [0.717, 1.165) is 17.1 Å². The van der Waals surface area contributed by atoms with Gasteiger partial charge in [-0.15, -0.1) is 22.0 Å². The third-order valence-electron chi connectivity index (χ3n) is 3.50. The van der Waals surface area contributed by atoms with E-state index >= 15 is 0 Å². The van der Waals surface area contributed by atoms with Crippen LogP contribution in [0.4, 0.5) is 10.1 Å². The predicted octanol–water partition coefficient (Wildman–Crippen LogP) is 3.11. The Balaban J connectivity index is 1.37. The molecule has 1 aromatic carbocycles. The van der Waals surface area contributed by atoms with Gasteiger partial charge in [-0.25, -0.2) is 4.39 Å². The van der Waals surface area contributed by atoms with Crippen molar-refractivity contribution in [1.29, 1.82) is 0 Å². The predicted molar refractivity (Wildman–Crippen MR) is 106 cm³/mol. The van der Waals surface area contributed by atoms with Gasteiger partial charge in [-0.05, 0) is 36.4 Å². The van der Waals surface area contributed by atoms with Crippen molar-refractivity contribution in [3.8, 4) is 0 Å². The van der Waals surface area contributed by atoms with Crippen molar-refractivity contribution in [1.82, 2.24) is 15.5 Å². The lowest BCUT2D eigenvalue weighted by Gasteiger charge is -2.03. The van der Waals surface area contributed by atoms with E-state index in [2.05, 4.69) is 20.8 Å². The quantitative estimate of drug-likeness (QED) is 0.552. The van der Waals surface area contributed by atoms with Gasteiger partial charge < -0.3 is 15.1 Å². The minimum Gasteiger partial charge on any atom is -0.469 e. The molecule has 2 N–H and O–H groups in total. The summed E-state index contributed by atoms with van der Waals surface area (Å²) in [4.78, 5) is 24.0. The van der Waals surface area contributed by atoms with E-state index in [4.69, 9.17) is 4.42 Å². The first-order chi connectivity index (χ1) is 13.6. The van der Waals surface area contributed by atoms with Crippen molar-refractivity contribution in [2.75, 3.05) is 17.6 Å². The number of aromatic nitrogens is 2. The van der Waals surface area contributed by atoms with Crippen LogP contribution < -0.4 is 10.6 Å². The highest BCUT2D eigenvalue weighted by Crippen LogP contribution is 2.18. The molecule has 0 aliphatic heterocycles. The highest BCUT2D eigenvalue weighted by Gasteiger charge is 2.13. The maximum absolute atomic E-state index is 12.9. The molecule has 0 unspecified atom stereocenters. The molecule has 2 heterocycles. The summed E-state index contributed by atoms with van der Waals surface area (Å²) in [6, 6.07) is 9.13. The number of benzene rings is 1. The molecular formula is C18H17FN4O3S2. The van der Waals surface area contributed by atoms with Crippen molar-refractivity contribution < 1.29 is 18.4 Å². The van der Waals surface area contributed by atoms with E-state index in [0.29, 0.717) is 29.4 Å². The van der Waals surface area contributed by atoms with Gasteiger partial charge >= 0.3 is 0 Å². The molecule has 2 aromatic heterocycles. The fourth-order valence-electron chi connectivity index (χ4n) is 2.18. The summed E-state index contributed by atoms with van der Waals surface area (Å²) < 4.78 is 18.1. The van der Waals surface area contributed by atoms with Crippen LogP contribution in [0.2, 0.25) is 0 Å². The second-order valence-corrected chi connectivity index (χ2v) is 7.68. The Morgan fingerprint density at radius 2 is 2.00 bits per heavy atom. The Labute approximate surface area is 168 Å². The minimum atomic E-state index is -0.406. The number of halogens is 1. The number of nitrogens with one attached hydrogen (secondary N) is 2. The molecule has 10 heteroatoms. The molecule has 7 nitrogen and oxygen atoms in total. The van der Waals surface area contributed by atoms with Crippen LogP contribution in [0.1, 0.15) is 20.6 Å². The number of anilines is 1. The lowest BCUT2D eigenvalue weighted by Crippen LogP contribution is -2.27. The molecule has 3 rings (SSSR count). The zero-order valence-electron chi connectivity index (χ0n) is 14.7. The van der Waals surface area contributed by atoms with Crippen molar-refractivity contribution in [2.24, 2.45) is 0 Å². The minimum absolute atomic E-state index is 0.0738. The molecule has 3 aromatic rings. The van der Waals surface area contributed by atoms with Gasteiger partial charge in [0, 0.05) is 24.4 Å². The highest BCUT2D eigenvalue weighted by molar-refractivity contribution is 7.99. The number of carbonyl (C=O) groups excluding carboxylic acids is 2. The number of carbonyl (C=O) groups is 2. The molecule has 2 amide bonds. The molecule has 0 spiro atoms. The number of thioether (sulfide) groups is 1. The van der Waals surface area contributed by atoms with Crippen LogP contribution in [-0.2, 0) is 17.0 Å². The third-order valence-corrected chi connectivity index (χ3v) is 5.54. The highest BCUT2D eigenvalue weighted by atomic mass is 32.2. The van der Waals surface area contributed by atoms with Gasteiger partial charge in [0.2, 0.25) is 10.9 Å². The first-order valence-corrected chi connectivity index (χ1v) is 10.3. The van der Waals surface area contributed by atoms with Gasteiger partial charge in [0.25, 0.3) is 5.91 Å². The average molecular weight is 420 g/mol. The number of furan rings is 1. The smallest absolute Gasteiger partial charge is 0.286 e. The van der Waals surface area contributed by atoms with Crippen LogP contribution in [0, 0.1) is 5.82 Å². The lowest BCUT2D eigenvalue weighted by molar-refractivity contribution is -0.118. The fourth-order valence-corrected chi connectivity index (χ4v) is 3.82. The maximum atomic E-state index is 12.9. The number of nitrogens with zero attached hydrogens (tertiary/aromatic N) is 2. The van der Waals surface area contributed by atoms with E-state index < -0.39 is 5.91 Å². The first kappa shape index (κ1) is 20.0. The number of rotatable bonds is 9. The van der Waals surface area contributed by atoms with Gasteiger partial charge in [0.1, 0.15) is 16.6 Å². The van der Waals surface area contributed by atoms with Crippen molar-refractivity contribution in [3.05, 3.63) is 64.3 Å². The van der Waals surface area contributed by atoms with Gasteiger partial charge in [-0.2, -0.15) is 0 Å². The Morgan fingerprint density at radius 3 is 2.75 bits per heavy atom. The van der Waals surface area contributed by atoms with E-state index in [1.807, 2.05) is 12.1 Å². The molecule has 0 bridgehead atoms. The van der Waals surface area contributed by atoms with Crippen molar-refractivity contribution in [3.63, 3.8) is 0 Å². The molecule has 0 fully saturated rings. The molecule has 0 atom stereocenters. The molecule has 0 aliphatic carbocycles. The van der Waals surface area contributed by atoms with Crippen LogP contribution in [0.5, 0.6) is 0 Å². The van der Waals surface area contributed by atoms with Gasteiger partial charge in [-0.3, -0.25) is 9.59 Å². The van der Waals surface area contributed by atoms with Crippen LogP contribution in [0.15, 0.2) is 47.1 Å². The van der Waals surface area contributed by atoms with Gasteiger partial charge in [0.15, 0.2) is 0 Å². The van der Waals surface area contributed by atoms with Crippen molar-refractivity contribution in [2.45, 2.75) is 12.2 Å². The summed E-state index contributed by atoms with van der Waals surface area (Å²) in [5, 5.41) is 14.1. The molecule has 146 valence electrons. The maximum Gasteiger partial charge on any atom is 0.286 e. The summed E-state index contributed by atoms with van der Waals surface area (Å²) in [5.41, 5.74) is 0.476. The summed E-state index contributed by atoms with van der Waals surface area (Å²) in [6.07, 6.45) is 2.25. The first-order valence-electron chi connectivity index (χ1n) is 8.36. The van der Waals surface area contributed by atoms with E-state index in [1.54, 1.807) is 6.26 Å². The molecule has 0 saturated heterocycles. The Morgan fingerprint density at radius 1 is 1.18 bits per heavy atom. The molecular weight excluding hydrogens is 403 g/mol. The van der Waals surface area contributed by atoms with Crippen LogP contribution in [0.25, 0.3) is 0 Å². The Hall–Kier alpha value is -2.72. The normalized spacial score (nSPS) is 10.6. The number of hydrogen-bond acceptors (Lipinski definition) is 7. The topological polar surface area (TPSA) is 97.1 Å². The summed E-state index contributed by atoms with van der Waals surface area (Å²) in [7, 11) is 0. The Bertz CT molecular complexity index is 913.